The van der Waals surface area contributed by atoms with Crippen molar-refractivity contribution in [3.63, 3.8) is 0 Å². The SMILES string of the molecule is COc1ccc(NC(=S)NNC(=O)COc2ccc(N3CC4=C(CC(C)(C)CC4=O)N(c4ccc(Cl)cc4)C3)cc2)cc1. The van der Waals surface area contributed by atoms with Gasteiger partial charge in [0.25, 0.3) is 5.91 Å². The van der Waals surface area contributed by atoms with Crippen LogP contribution in [0, 0.1) is 5.41 Å². The minimum absolute atomic E-state index is 0.0957. The topological polar surface area (TPSA) is 95.2 Å². The van der Waals surface area contributed by atoms with E-state index in [-0.39, 0.29) is 22.9 Å². The van der Waals surface area contributed by atoms with Crippen molar-refractivity contribution in [3.05, 3.63) is 89.1 Å². The summed E-state index contributed by atoms with van der Waals surface area (Å²) in [5.74, 6) is 1.07. The molecule has 0 radical (unpaired) electrons. The van der Waals surface area contributed by atoms with Gasteiger partial charge in [0.05, 0.1) is 13.8 Å². The second-order valence-electron chi connectivity index (χ2n) is 11.2. The van der Waals surface area contributed by atoms with Gasteiger partial charge in [0.1, 0.15) is 11.5 Å². The monoisotopic (exact) mass is 619 g/mol. The van der Waals surface area contributed by atoms with Gasteiger partial charge in [0.15, 0.2) is 17.5 Å². The largest absolute Gasteiger partial charge is 0.497 e. The Bertz CT molecular complexity index is 1520. The summed E-state index contributed by atoms with van der Waals surface area (Å²) in [6.07, 6.45) is 1.36. The van der Waals surface area contributed by atoms with Crippen LogP contribution in [0.2, 0.25) is 5.02 Å². The minimum atomic E-state index is -0.393. The average Bonchev–Trinajstić information content (AvgIpc) is 2.99. The Labute approximate surface area is 261 Å². The molecule has 0 bridgehead atoms. The third-order valence-electron chi connectivity index (χ3n) is 7.33. The highest BCUT2D eigenvalue weighted by Gasteiger charge is 2.39. The summed E-state index contributed by atoms with van der Waals surface area (Å²) in [4.78, 5) is 29.9. The summed E-state index contributed by atoms with van der Waals surface area (Å²) >= 11 is 11.4. The maximum atomic E-state index is 13.3. The van der Waals surface area contributed by atoms with E-state index in [1.165, 1.54) is 0 Å². The summed E-state index contributed by atoms with van der Waals surface area (Å²) in [7, 11) is 1.60. The van der Waals surface area contributed by atoms with E-state index in [9.17, 15) is 9.59 Å². The van der Waals surface area contributed by atoms with E-state index in [0.717, 1.165) is 40.5 Å². The van der Waals surface area contributed by atoms with Crippen molar-refractivity contribution in [2.24, 2.45) is 5.41 Å². The van der Waals surface area contributed by atoms with Crippen LogP contribution in [0.1, 0.15) is 26.7 Å². The number of nitrogens with zero attached hydrogens (tertiary/aromatic N) is 2. The fourth-order valence-electron chi connectivity index (χ4n) is 5.19. The van der Waals surface area contributed by atoms with Crippen molar-refractivity contribution in [2.75, 3.05) is 42.0 Å². The van der Waals surface area contributed by atoms with Crippen LogP contribution >= 0.6 is 23.8 Å². The van der Waals surface area contributed by atoms with Gasteiger partial charge in [-0.3, -0.25) is 20.4 Å². The van der Waals surface area contributed by atoms with Crippen LogP contribution in [0.3, 0.4) is 0 Å². The molecule has 9 nitrogen and oxygen atoms in total. The predicted octanol–water partition coefficient (Wildman–Crippen LogP) is 5.67. The molecule has 0 atom stereocenters. The zero-order valence-corrected chi connectivity index (χ0v) is 25.8. The van der Waals surface area contributed by atoms with E-state index in [1.54, 1.807) is 19.2 Å². The van der Waals surface area contributed by atoms with Gasteiger partial charge < -0.3 is 24.6 Å². The molecular formula is C32H34ClN5O4S. The number of amides is 1. The van der Waals surface area contributed by atoms with Gasteiger partial charge in [0.2, 0.25) is 0 Å². The van der Waals surface area contributed by atoms with Crippen LogP contribution < -0.4 is 35.4 Å². The second-order valence-corrected chi connectivity index (χ2v) is 12.1. The van der Waals surface area contributed by atoms with Crippen molar-refractivity contribution < 1.29 is 19.1 Å². The minimum Gasteiger partial charge on any atom is -0.497 e. The Morgan fingerprint density at radius 2 is 1.58 bits per heavy atom. The predicted molar refractivity (Wildman–Crippen MR) is 174 cm³/mol. The Hall–Kier alpha value is -4.28. The molecule has 43 heavy (non-hydrogen) atoms. The summed E-state index contributed by atoms with van der Waals surface area (Å²) in [6, 6.07) is 22.4. The molecule has 0 fully saturated rings. The first-order valence-corrected chi connectivity index (χ1v) is 14.6. The smallest absolute Gasteiger partial charge is 0.276 e. The van der Waals surface area contributed by atoms with Crippen molar-refractivity contribution in [2.45, 2.75) is 26.7 Å². The molecule has 2 aliphatic rings. The fourth-order valence-corrected chi connectivity index (χ4v) is 5.49. The summed E-state index contributed by atoms with van der Waals surface area (Å²) < 4.78 is 10.8. The summed E-state index contributed by atoms with van der Waals surface area (Å²) in [5, 5.41) is 3.87. The van der Waals surface area contributed by atoms with Crippen LogP contribution in [0.15, 0.2) is 84.1 Å². The van der Waals surface area contributed by atoms with Crippen LogP contribution in [0.5, 0.6) is 11.5 Å². The van der Waals surface area contributed by atoms with E-state index in [2.05, 4.69) is 39.8 Å². The summed E-state index contributed by atoms with van der Waals surface area (Å²) in [5.41, 5.74) is 9.69. The quantitative estimate of drug-likeness (QED) is 0.228. The van der Waals surface area contributed by atoms with Gasteiger partial charge in [-0.05, 0) is 96.9 Å². The van der Waals surface area contributed by atoms with Crippen molar-refractivity contribution in [1.82, 2.24) is 10.9 Å². The maximum absolute atomic E-state index is 13.3. The molecule has 224 valence electrons. The number of ether oxygens (including phenoxy) is 2. The first-order valence-electron chi connectivity index (χ1n) is 13.9. The molecule has 0 saturated carbocycles. The van der Waals surface area contributed by atoms with E-state index >= 15 is 0 Å². The standard InChI is InChI=1S/C32H34ClN5O4S/c1-32(2)16-28-27(29(39)17-32)18-37(20-38(28)24-8-4-21(33)5-9-24)23-10-14-26(15-11-23)42-19-30(40)35-36-31(43)34-22-6-12-25(41-3)13-7-22/h4-15H,16-20H2,1-3H3,(H,35,40)(H2,34,36,43). The number of nitrogens with one attached hydrogen (secondary N) is 3. The zero-order chi connectivity index (χ0) is 30.6. The lowest BCUT2D eigenvalue weighted by atomic mass is 9.74. The Kier molecular flexibility index (Phi) is 9.08. The number of rotatable bonds is 7. The normalized spacial score (nSPS) is 15.9. The van der Waals surface area contributed by atoms with E-state index in [0.29, 0.717) is 30.4 Å². The van der Waals surface area contributed by atoms with Gasteiger partial charge in [-0.25, -0.2) is 0 Å². The highest BCUT2D eigenvalue weighted by Crippen LogP contribution is 2.42. The van der Waals surface area contributed by atoms with Gasteiger partial charge in [-0.1, -0.05) is 25.4 Å². The van der Waals surface area contributed by atoms with Crippen molar-refractivity contribution >= 4 is 57.7 Å². The van der Waals surface area contributed by atoms with E-state index in [1.807, 2.05) is 60.7 Å². The summed E-state index contributed by atoms with van der Waals surface area (Å²) in [6.45, 7) is 5.20. The Morgan fingerprint density at radius 3 is 2.26 bits per heavy atom. The number of carbonyl (C=O) groups excluding carboxylic acids is 2. The molecule has 3 aromatic rings. The lowest BCUT2D eigenvalue weighted by Gasteiger charge is -2.45. The van der Waals surface area contributed by atoms with Crippen molar-refractivity contribution in [1.29, 1.82) is 0 Å². The third-order valence-corrected chi connectivity index (χ3v) is 7.79. The number of allylic oxidation sites excluding steroid dienone is 1. The number of hydrogen-bond acceptors (Lipinski definition) is 7. The molecular weight excluding hydrogens is 586 g/mol. The number of Topliss-reactive ketones (excluding diaryl/α,β-unsaturated/α-hetero) is 1. The number of thiocarbonyl (C=S) groups is 1. The van der Waals surface area contributed by atoms with Crippen LogP contribution in [-0.2, 0) is 9.59 Å². The number of halogens is 1. The highest BCUT2D eigenvalue weighted by atomic mass is 35.5. The highest BCUT2D eigenvalue weighted by molar-refractivity contribution is 7.80. The fraction of sp³-hybridized carbons (Fsp3) is 0.281. The number of hydrogen-bond donors (Lipinski definition) is 3. The molecule has 5 rings (SSSR count). The van der Waals surface area contributed by atoms with Gasteiger partial charge >= 0.3 is 0 Å². The number of anilines is 3. The number of benzene rings is 3. The lowest BCUT2D eigenvalue weighted by molar-refractivity contribution is -0.123. The average molecular weight is 620 g/mol. The molecule has 1 aliphatic carbocycles. The Morgan fingerprint density at radius 1 is 0.930 bits per heavy atom. The van der Waals surface area contributed by atoms with Crippen LogP contribution in [0.4, 0.5) is 17.1 Å². The molecule has 0 spiro atoms. The first kappa shape index (κ1) is 30.2. The lowest BCUT2D eigenvalue weighted by Crippen LogP contribution is -2.48. The third kappa shape index (κ3) is 7.57. The molecule has 1 aliphatic heterocycles. The molecule has 1 heterocycles. The van der Waals surface area contributed by atoms with Crippen molar-refractivity contribution in [3.8, 4) is 11.5 Å². The van der Waals surface area contributed by atoms with Gasteiger partial charge in [0, 0.05) is 46.3 Å². The molecule has 0 unspecified atom stereocenters. The maximum Gasteiger partial charge on any atom is 0.276 e. The number of ketones is 1. The number of hydrazine groups is 1. The van der Waals surface area contributed by atoms with E-state index < -0.39 is 5.91 Å². The molecule has 0 saturated heterocycles. The molecule has 11 heteroatoms. The molecule has 1 amide bonds. The molecule has 3 aromatic carbocycles. The zero-order valence-electron chi connectivity index (χ0n) is 24.3. The van der Waals surface area contributed by atoms with Gasteiger partial charge in [-0.15, -0.1) is 0 Å². The second kappa shape index (κ2) is 12.9. The molecule has 3 N–H and O–H groups in total. The number of carbonyl (C=O) groups is 2. The van der Waals surface area contributed by atoms with Crippen LogP contribution in [0.25, 0.3) is 0 Å². The van der Waals surface area contributed by atoms with Crippen LogP contribution in [-0.4, -0.2) is 43.7 Å². The van der Waals surface area contributed by atoms with E-state index in [4.69, 9.17) is 33.3 Å². The first-order chi connectivity index (χ1) is 20.6. The van der Waals surface area contributed by atoms with Gasteiger partial charge in [-0.2, -0.15) is 0 Å². The number of methoxy groups -OCH3 is 1. The molecule has 0 aromatic heterocycles. The Balaban J connectivity index is 1.18.